The van der Waals surface area contributed by atoms with E-state index in [-0.39, 0.29) is 17.4 Å². The molecule has 1 N–H and O–H groups in total. The smallest absolute Gasteiger partial charge is 0.274 e. The van der Waals surface area contributed by atoms with E-state index in [1.807, 2.05) is 47.0 Å². The molecule has 0 radical (unpaired) electrons. The van der Waals surface area contributed by atoms with Crippen molar-refractivity contribution in [1.29, 1.82) is 0 Å². The van der Waals surface area contributed by atoms with Crippen molar-refractivity contribution in [3.63, 3.8) is 0 Å². The Kier molecular flexibility index (Phi) is 4.43. The zero-order valence-electron chi connectivity index (χ0n) is 16.3. The van der Waals surface area contributed by atoms with Crippen LogP contribution in [-0.4, -0.2) is 32.4 Å². The van der Waals surface area contributed by atoms with Gasteiger partial charge in [-0.2, -0.15) is 0 Å². The second-order valence-corrected chi connectivity index (χ2v) is 7.92. The first-order valence-electron chi connectivity index (χ1n) is 10.0. The van der Waals surface area contributed by atoms with E-state index in [0.717, 1.165) is 36.6 Å². The van der Waals surface area contributed by atoms with E-state index in [1.54, 1.807) is 12.3 Å². The molecule has 5 nitrogen and oxygen atoms in total. The lowest BCUT2D eigenvalue weighted by Gasteiger charge is -2.44. The molecule has 3 aromatic rings. The van der Waals surface area contributed by atoms with Gasteiger partial charge in [-0.15, -0.1) is 0 Å². The van der Waals surface area contributed by atoms with E-state index in [9.17, 15) is 9.18 Å². The lowest BCUT2D eigenvalue weighted by molar-refractivity contribution is 0.0749. The number of imidazole rings is 1. The molecule has 1 fully saturated rings. The van der Waals surface area contributed by atoms with E-state index in [4.69, 9.17) is 0 Å². The fourth-order valence-corrected chi connectivity index (χ4v) is 4.27. The van der Waals surface area contributed by atoms with Gasteiger partial charge in [0.2, 0.25) is 0 Å². The number of halogens is 1. The summed E-state index contributed by atoms with van der Waals surface area (Å²) in [5.74, 6) is 1.21. The molecule has 1 saturated heterocycles. The number of nitrogens with one attached hydrogen (secondary N) is 1. The Morgan fingerprint density at radius 3 is 2.69 bits per heavy atom. The van der Waals surface area contributed by atoms with Crippen LogP contribution in [0.1, 0.15) is 31.5 Å². The number of H-pyrrole nitrogens is 1. The van der Waals surface area contributed by atoms with Crippen molar-refractivity contribution in [2.75, 3.05) is 13.1 Å². The van der Waals surface area contributed by atoms with Gasteiger partial charge in [-0.05, 0) is 19.4 Å². The lowest BCUT2D eigenvalue weighted by Crippen LogP contribution is -2.49. The molecular weight excluding hydrogens is 367 g/mol. The summed E-state index contributed by atoms with van der Waals surface area (Å²) in [5, 5.41) is 0. The Labute approximate surface area is 168 Å². The average Bonchev–Trinajstić information content (AvgIpc) is 3.13. The number of aromatic amines is 1. The molecule has 1 atom stereocenters. The van der Waals surface area contributed by atoms with E-state index >= 15 is 0 Å². The van der Waals surface area contributed by atoms with Crippen molar-refractivity contribution in [2.24, 2.45) is 5.92 Å². The predicted molar refractivity (Wildman–Crippen MR) is 111 cm³/mol. The van der Waals surface area contributed by atoms with Crippen LogP contribution in [0.15, 0.2) is 71.1 Å². The average molecular weight is 390 g/mol. The summed E-state index contributed by atoms with van der Waals surface area (Å²) in [7, 11) is 0. The number of benzene rings is 1. The van der Waals surface area contributed by atoms with Crippen molar-refractivity contribution in [2.45, 2.75) is 25.8 Å². The number of allylic oxidation sites excluding steroid dienone is 3. The van der Waals surface area contributed by atoms with Gasteiger partial charge >= 0.3 is 0 Å². The van der Waals surface area contributed by atoms with Gasteiger partial charge in [-0.25, -0.2) is 9.37 Å². The van der Waals surface area contributed by atoms with Crippen molar-refractivity contribution in [3.05, 3.63) is 82.3 Å². The van der Waals surface area contributed by atoms with E-state index < -0.39 is 0 Å². The molecule has 1 unspecified atom stereocenters. The van der Waals surface area contributed by atoms with Crippen LogP contribution in [0.25, 0.3) is 16.9 Å². The van der Waals surface area contributed by atoms with Crippen LogP contribution in [0, 0.1) is 5.92 Å². The topological polar surface area (TPSA) is 53.4 Å². The molecule has 2 aromatic heterocycles. The number of hydrogen-bond acceptors (Lipinski definition) is 3. The summed E-state index contributed by atoms with van der Waals surface area (Å²) in [4.78, 5) is 22.5. The summed E-state index contributed by atoms with van der Waals surface area (Å²) in [5.41, 5.74) is 3.60. The molecular formula is C23H23FN4O. The molecule has 0 amide bonds. The maximum absolute atomic E-state index is 13.2. The summed E-state index contributed by atoms with van der Waals surface area (Å²) in [6, 6.07) is 9.97. The third kappa shape index (κ3) is 3.23. The molecule has 148 valence electrons. The highest BCUT2D eigenvalue weighted by Crippen LogP contribution is 2.35. The van der Waals surface area contributed by atoms with Gasteiger partial charge in [0, 0.05) is 43.2 Å². The molecule has 0 saturated carbocycles. The van der Waals surface area contributed by atoms with Gasteiger partial charge in [0.05, 0.1) is 11.9 Å². The minimum atomic E-state index is -0.128. The van der Waals surface area contributed by atoms with Gasteiger partial charge in [0.15, 0.2) is 0 Å². The number of nitrogens with zero attached hydrogens (tertiary/aromatic N) is 3. The zero-order valence-corrected chi connectivity index (χ0v) is 16.3. The molecule has 3 heterocycles. The molecule has 1 aromatic carbocycles. The van der Waals surface area contributed by atoms with Crippen molar-refractivity contribution in [1.82, 2.24) is 19.3 Å². The first kappa shape index (κ1) is 18.1. The van der Waals surface area contributed by atoms with Crippen LogP contribution in [-0.2, 0) is 0 Å². The third-order valence-corrected chi connectivity index (χ3v) is 6.15. The zero-order chi connectivity index (χ0) is 20.0. The highest BCUT2D eigenvalue weighted by atomic mass is 19.1. The van der Waals surface area contributed by atoms with E-state index in [2.05, 4.69) is 21.8 Å². The quantitative estimate of drug-likeness (QED) is 0.724. The van der Waals surface area contributed by atoms with Gasteiger partial charge in [-0.1, -0.05) is 42.0 Å². The molecule has 5 rings (SSSR count). The van der Waals surface area contributed by atoms with Crippen molar-refractivity contribution < 1.29 is 4.39 Å². The standard InChI is InChI=1S/C23H23FN4O/c1-15(27-12-18(13-27)16-7-9-19(24)10-8-16)20-14-28-21(23(29)26-20)11-25-22(28)17-5-3-2-4-6-17/h2-7,9,11,14-15,18H,8,10,12-13H2,1H3,(H,26,29). The van der Waals surface area contributed by atoms with Gasteiger partial charge in [-0.3, -0.25) is 14.1 Å². The largest absolute Gasteiger partial charge is 0.321 e. The lowest BCUT2D eigenvalue weighted by atomic mass is 9.85. The summed E-state index contributed by atoms with van der Waals surface area (Å²) in [6.07, 6.45) is 8.48. The molecule has 1 aliphatic heterocycles. The number of aromatic nitrogens is 3. The third-order valence-electron chi connectivity index (χ3n) is 6.15. The summed E-state index contributed by atoms with van der Waals surface area (Å²) >= 11 is 0. The Hall–Kier alpha value is -2.99. The van der Waals surface area contributed by atoms with E-state index in [0.29, 0.717) is 17.9 Å². The summed E-state index contributed by atoms with van der Waals surface area (Å²) in [6.45, 7) is 3.97. The van der Waals surface area contributed by atoms with Crippen molar-refractivity contribution in [3.8, 4) is 11.4 Å². The number of fused-ring (bicyclic) bond motifs is 1. The molecule has 29 heavy (non-hydrogen) atoms. The predicted octanol–water partition coefficient (Wildman–Crippen LogP) is 4.26. The van der Waals surface area contributed by atoms with Gasteiger partial charge in [0.1, 0.15) is 17.2 Å². The van der Waals surface area contributed by atoms with Gasteiger partial charge in [0.25, 0.3) is 5.56 Å². The van der Waals surface area contributed by atoms with Crippen LogP contribution in [0.4, 0.5) is 4.39 Å². The van der Waals surface area contributed by atoms with Crippen molar-refractivity contribution >= 4 is 5.52 Å². The Morgan fingerprint density at radius 1 is 1.17 bits per heavy atom. The number of likely N-dealkylation sites (tertiary alicyclic amines) is 1. The monoisotopic (exact) mass is 390 g/mol. The Morgan fingerprint density at radius 2 is 1.97 bits per heavy atom. The van der Waals surface area contributed by atoms with Crippen LogP contribution in [0.3, 0.4) is 0 Å². The Balaban J connectivity index is 1.40. The molecule has 6 heteroatoms. The number of hydrogen-bond donors (Lipinski definition) is 1. The van der Waals surface area contributed by atoms with Crippen LogP contribution < -0.4 is 5.56 Å². The van der Waals surface area contributed by atoms with Gasteiger partial charge < -0.3 is 4.98 Å². The highest BCUT2D eigenvalue weighted by molar-refractivity contribution is 5.61. The van der Waals surface area contributed by atoms with E-state index in [1.165, 1.54) is 5.57 Å². The molecule has 1 aliphatic carbocycles. The first-order valence-corrected chi connectivity index (χ1v) is 10.0. The van der Waals surface area contributed by atoms with Crippen LogP contribution >= 0.6 is 0 Å². The van der Waals surface area contributed by atoms with Crippen LogP contribution in [0.2, 0.25) is 0 Å². The minimum absolute atomic E-state index is 0.0290. The maximum Gasteiger partial charge on any atom is 0.274 e. The highest BCUT2D eigenvalue weighted by Gasteiger charge is 2.34. The maximum atomic E-state index is 13.2. The molecule has 0 spiro atoms. The molecule has 2 aliphatic rings. The molecule has 0 bridgehead atoms. The fraction of sp³-hybridized carbons (Fsp3) is 0.304. The summed E-state index contributed by atoms with van der Waals surface area (Å²) < 4.78 is 15.1. The minimum Gasteiger partial charge on any atom is -0.321 e. The first-order chi connectivity index (χ1) is 14.1. The SMILES string of the molecule is CC(c1cn2c(-c3ccccc3)ncc2c(=O)[nH]1)N1CC(C2=CC=C(F)CC2)C1. The normalized spacial score (nSPS) is 19.0. The van der Waals surface area contributed by atoms with Crippen LogP contribution in [0.5, 0.6) is 0 Å². The second kappa shape index (κ2) is 7.12. The second-order valence-electron chi connectivity index (χ2n) is 7.92. The number of rotatable bonds is 4. The Bertz CT molecular complexity index is 1170. The fourth-order valence-electron chi connectivity index (χ4n) is 4.27.